The van der Waals surface area contributed by atoms with E-state index in [0.717, 1.165) is 11.6 Å². The topological polar surface area (TPSA) is 81.7 Å². The molecule has 0 spiro atoms. The van der Waals surface area contributed by atoms with Crippen LogP contribution in [0.2, 0.25) is 0 Å². The van der Waals surface area contributed by atoms with Gasteiger partial charge in [0.25, 0.3) is 0 Å². The minimum absolute atomic E-state index is 0.539. The fourth-order valence-electron chi connectivity index (χ4n) is 1.18. The summed E-state index contributed by atoms with van der Waals surface area (Å²) in [6.45, 7) is 0.539. The van der Waals surface area contributed by atoms with Crippen LogP contribution in [0, 0.1) is 0 Å². The summed E-state index contributed by atoms with van der Waals surface area (Å²) in [4.78, 5) is 8.19. The molecule has 3 N–H and O–H groups in total. The van der Waals surface area contributed by atoms with Gasteiger partial charge in [-0.2, -0.15) is 5.10 Å². The average Bonchev–Trinajstić information content (AvgIpc) is 2.62. The lowest BCUT2D eigenvalue weighted by atomic mass is 10.4. The number of anilines is 2. The zero-order valence-corrected chi connectivity index (χ0v) is 8.38. The van der Waals surface area contributed by atoms with Gasteiger partial charge in [-0.15, -0.1) is 0 Å². The number of nitrogens with one attached hydrogen (secondary N) is 1. The number of nitrogen functional groups attached to an aromatic ring is 1. The third-order valence-electron chi connectivity index (χ3n) is 1.86. The first kappa shape index (κ1) is 9.45. The molecule has 6 nitrogen and oxygen atoms in total. The van der Waals surface area contributed by atoms with Gasteiger partial charge in [0.05, 0.1) is 6.54 Å². The van der Waals surface area contributed by atoms with E-state index in [9.17, 15) is 0 Å². The van der Waals surface area contributed by atoms with Crippen LogP contribution < -0.4 is 11.1 Å². The molecule has 0 fully saturated rings. The number of aryl methyl sites for hydroxylation is 1. The highest BCUT2D eigenvalue weighted by atomic mass is 15.3. The van der Waals surface area contributed by atoms with Crippen molar-refractivity contribution in [3.05, 3.63) is 30.5 Å². The zero-order chi connectivity index (χ0) is 10.7. The average molecular weight is 204 g/mol. The minimum Gasteiger partial charge on any atom is -0.399 e. The molecule has 0 atom stereocenters. The van der Waals surface area contributed by atoms with Gasteiger partial charge < -0.3 is 11.1 Å². The summed E-state index contributed by atoms with van der Waals surface area (Å²) in [6, 6.07) is 3.51. The molecule has 0 radical (unpaired) electrons. The van der Waals surface area contributed by atoms with Crippen molar-refractivity contribution < 1.29 is 0 Å². The van der Waals surface area contributed by atoms with Crippen molar-refractivity contribution in [3.63, 3.8) is 0 Å². The standard InChI is InChI=1S/C9H12N6/c1-15-6-13-9(14-15)5-12-8-4-7(10)2-3-11-8/h2-4,6H,5H2,1H3,(H3,10,11,12). The second-order valence-corrected chi connectivity index (χ2v) is 3.16. The molecule has 78 valence electrons. The van der Waals surface area contributed by atoms with Crippen LogP contribution in [0.5, 0.6) is 0 Å². The molecule has 0 bridgehead atoms. The first-order chi connectivity index (χ1) is 7.24. The van der Waals surface area contributed by atoms with Gasteiger partial charge >= 0.3 is 0 Å². The number of pyridine rings is 1. The second-order valence-electron chi connectivity index (χ2n) is 3.16. The molecule has 2 rings (SSSR count). The summed E-state index contributed by atoms with van der Waals surface area (Å²) in [5, 5.41) is 7.22. The summed E-state index contributed by atoms with van der Waals surface area (Å²) < 4.78 is 1.66. The molecule has 0 amide bonds. The Kier molecular flexibility index (Phi) is 2.49. The van der Waals surface area contributed by atoms with Crippen molar-refractivity contribution in [3.8, 4) is 0 Å². The van der Waals surface area contributed by atoms with E-state index in [1.165, 1.54) is 0 Å². The second kappa shape index (κ2) is 3.95. The van der Waals surface area contributed by atoms with Crippen molar-refractivity contribution in [2.24, 2.45) is 7.05 Å². The lowest BCUT2D eigenvalue weighted by molar-refractivity contribution is 0.747. The van der Waals surface area contributed by atoms with E-state index in [1.54, 1.807) is 29.3 Å². The number of nitrogens with zero attached hydrogens (tertiary/aromatic N) is 4. The van der Waals surface area contributed by atoms with E-state index < -0.39 is 0 Å². The predicted molar refractivity (Wildman–Crippen MR) is 57.0 cm³/mol. The first-order valence-corrected chi connectivity index (χ1v) is 4.54. The predicted octanol–water partition coefficient (Wildman–Crippen LogP) is 0.404. The molecule has 15 heavy (non-hydrogen) atoms. The third kappa shape index (κ3) is 2.43. The van der Waals surface area contributed by atoms with Gasteiger partial charge in [-0.3, -0.25) is 4.68 Å². The Morgan fingerprint density at radius 1 is 1.47 bits per heavy atom. The van der Waals surface area contributed by atoms with Crippen molar-refractivity contribution in [1.82, 2.24) is 19.7 Å². The number of hydrogen-bond donors (Lipinski definition) is 2. The Bertz CT molecular complexity index is 449. The fourth-order valence-corrected chi connectivity index (χ4v) is 1.18. The van der Waals surface area contributed by atoms with E-state index in [-0.39, 0.29) is 0 Å². The normalized spacial score (nSPS) is 10.2. The molecule has 0 saturated heterocycles. The fraction of sp³-hybridized carbons (Fsp3) is 0.222. The van der Waals surface area contributed by atoms with Gasteiger partial charge in [-0.1, -0.05) is 0 Å². The Hall–Kier alpha value is -2.11. The number of aromatic nitrogens is 4. The SMILES string of the molecule is Cn1cnc(CNc2cc(N)ccn2)n1. The number of hydrogen-bond acceptors (Lipinski definition) is 5. The maximum absolute atomic E-state index is 5.62. The van der Waals surface area contributed by atoms with Crippen molar-refractivity contribution in [2.45, 2.75) is 6.54 Å². The molecule has 2 aromatic heterocycles. The maximum atomic E-state index is 5.62. The molecular weight excluding hydrogens is 192 g/mol. The van der Waals surface area contributed by atoms with Gasteiger partial charge in [0.2, 0.25) is 0 Å². The van der Waals surface area contributed by atoms with Gasteiger partial charge in [0.15, 0.2) is 5.82 Å². The van der Waals surface area contributed by atoms with Crippen molar-refractivity contribution in [1.29, 1.82) is 0 Å². The third-order valence-corrected chi connectivity index (χ3v) is 1.86. The van der Waals surface area contributed by atoms with Gasteiger partial charge in [-0.05, 0) is 6.07 Å². The van der Waals surface area contributed by atoms with Crippen molar-refractivity contribution >= 4 is 11.5 Å². The van der Waals surface area contributed by atoms with E-state index in [2.05, 4.69) is 20.4 Å². The highest BCUT2D eigenvalue weighted by Gasteiger charge is 1.99. The summed E-state index contributed by atoms with van der Waals surface area (Å²) in [7, 11) is 1.83. The van der Waals surface area contributed by atoms with Crippen LogP contribution in [-0.4, -0.2) is 19.7 Å². The molecular formula is C9H12N6. The van der Waals surface area contributed by atoms with Crippen LogP contribution in [0.1, 0.15) is 5.82 Å². The summed E-state index contributed by atoms with van der Waals surface area (Å²) in [5.41, 5.74) is 6.30. The molecule has 0 aromatic carbocycles. The van der Waals surface area contributed by atoms with E-state index in [4.69, 9.17) is 5.73 Å². The zero-order valence-electron chi connectivity index (χ0n) is 8.38. The minimum atomic E-state index is 0.539. The molecule has 0 unspecified atom stereocenters. The summed E-state index contributed by atoms with van der Waals surface area (Å²) in [6.07, 6.45) is 3.31. The van der Waals surface area contributed by atoms with E-state index >= 15 is 0 Å². The van der Waals surface area contributed by atoms with Crippen LogP contribution in [0.15, 0.2) is 24.7 Å². The Morgan fingerprint density at radius 2 is 2.33 bits per heavy atom. The molecule has 6 heteroatoms. The highest BCUT2D eigenvalue weighted by molar-refractivity contribution is 5.48. The van der Waals surface area contributed by atoms with Crippen LogP contribution in [0.3, 0.4) is 0 Å². The molecule has 2 heterocycles. The van der Waals surface area contributed by atoms with Crippen LogP contribution >= 0.6 is 0 Å². The number of rotatable bonds is 3. The van der Waals surface area contributed by atoms with Crippen LogP contribution in [0.25, 0.3) is 0 Å². The highest BCUT2D eigenvalue weighted by Crippen LogP contribution is 2.08. The molecule has 0 aliphatic carbocycles. The lowest BCUT2D eigenvalue weighted by Crippen LogP contribution is -2.04. The Labute approximate surface area is 87.2 Å². The monoisotopic (exact) mass is 204 g/mol. The van der Waals surface area contributed by atoms with Crippen LogP contribution in [0.4, 0.5) is 11.5 Å². The molecule has 0 aliphatic rings. The van der Waals surface area contributed by atoms with E-state index in [0.29, 0.717) is 12.2 Å². The lowest BCUT2D eigenvalue weighted by Gasteiger charge is -2.02. The quantitative estimate of drug-likeness (QED) is 0.756. The van der Waals surface area contributed by atoms with Gasteiger partial charge in [0.1, 0.15) is 12.1 Å². The smallest absolute Gasteiger partial charge is 0.169 e. The molecule has 0 saturated carbocycles. The molecule has 2 aromatic rings. The first-order valence-electron chi connectivity index (χ1n) is 4.54. The largest absolute Gasteiger partial charge is 0.399 e. The van der Waals surface area contributed by atoms with Crippen LogP contribution in [-0.2, 0) is 13.6 Å². The summed E-state index contributed by atoms with van der Waals surface area (Å²) >= 11 is 0. The van der Waals surface area contributed by atoms with E-state index in [1.807, 2.05) is 7.05 Å². The van der Waals surface area contributed by atoms with Gasteiger partial charge in [0, 0.05) is 25.0 Å². The Morgan fingerprint density at radius 3 is 3.00 bits per heavy atom. The maximum Gasteiger partial charge on any atom is 0.169 e. The number of nitrogens with two attached hydrogens (primary N) is 1. The van der Waals surface area contributed by atoms with Crippen molar-refractivity contribution in [2.75, 3.05) is 11.1 Å². The Balaban J connectivity index is 1.99. The molecule has 0 aliphatic heterocycles. The summed E-state index contributed by atoms with van der Waals surface area (Å²) in [5.74, 6) is 1.45. The van der Waals surface area contributed by atoms with Gasteiger partial charge in [-0.25, -0.2) is 9.97 Å².